The van der Waals surface area contributed by atoms with Crippen molar-refractivity contribution in [1.29, 1.82) is 0 Å². The van der Waals surface area contributed by atoms with E-state index < -0.39 is 5.25 Å². The first-order chi connectivity index (χ1) is 13.0. The molecule has 3 rings (SSSR count). The van der Waals surface area contributed by atoms with Crippen LogP contribution in [0.3, 0.4) is 0 Å². The fourth-order valence-corrected chi connectivity index (χ4v) is 3.34. The molecular formula is C19H17ClN2O4S. The minimum atomic E-state index is -0.406. The summed E-state index contributed by atoms with van der Waals surface area (Å²) in [6, 6.07) is 12.1. The Balaban J connectivity index is 1.77. The lowest BCUT2D eigenvalue weighted by Gasteiger charge is -2.07. The van der Waals surface area contributed by atoms with E-state index in [9.17, 15) is 4.79 Å². The van der Waals surface area contributed by atoms with Crippen LogP contribution in [0.15, 0.2) is 52.1 Å². The van der Waals surface area contributed by atoms with Crippen LogP contribution in [0.1, 0.15) is 17.3 Å². The van der Waals surface area contributed by atoms with Gasteiger partial charge in [-0.15, -0.1) is 10.2 Å². The molecule has 0 aliphatic rings. The number of halogens is 1. The van der Waals surface area contributed by atoms with Gasteiger partial charge in [0, 0.05) is 22.2 Å². The van der Waals surface area contributed by atoms with Crippen LogP contribution in [0.2, 0.25) is 5.02 Å². The Hall–Kier alpha value is -2.51. The second-order valence-electron chi connectivity index (χ2n) is 5.61. The van der Waals surface area contributed by atoms with Gasteiger partial charge in [-0.25, -0.2) is 0 Å². The Labute approximate surface area is 165 Å². The van der Waals surface area contributed by atoms with Crippen molar-refractivity contribution in [3.63, 3.8) is 0 Å². The quantitative estimate of drug-likeness (QED) is 0.414. The minimum absolute atomic E-state index is 0.0645. The van der Waals surface area contributed by atoms with E-state index >= 15 is 0 Å². The zero-order valence-electron chi connectivity index (χ0n) is 14.9. The Morgan fingerprint density at radius 2 is 1.81 bits per heavy atom. The summed E-state index contributed by atoms with van der Waals surface area (Å²) in [4.78, 5) is 12.5. The van der Waals surface area contributed by atoms with Crippen molar-refractivity contribution in [2.75, 3.05) is 14.2 Å². The summed E-state index contributed by atoms with van der Waals surface area (Å²) < 4.78 is 16.2. The summed E-state index contributed by atoms with van der Waals surface area (Å²) in [7, 11) is 3.13. The van der Waals surface area contributed by atoms with Gasteiger partial charge in [0.05, 0.1) is 19.5 Å². The molecule has 2 aromatic carbocycles. The number of ether oxygens (including phenoxy) is 2. The number of thioether (sulfide) groups is 1. The molecule has 1 heterocycles. The van der Waals surface area contributed by atoms with E-state index in [0.29, 0.717) is 38.8 Å². The molecule has 8 heteroatoms. The lowest BCUT2D eigenvalue weighted by Crippen LogP contribution is -2.13. The molecule has 140 valence electrons. The van der Waals surface area contributed by atoms with E-state index in [4.69, 9.17) is 25.5 Å². The number of Topliss-reactive ketones (excluding diaryl/α,β-unsaturated/α-hetero) is 1. The van der Waals surface area contributed by atoms with Crippen molar-refractivity contribution >= 4 is 29.1 Å². The molecule has 0 radical (unpaired) electrons. The van der Waals surface area contributed by atoms with Gasteiger partial charge in [0.2, 0.25) is 5.89 Å². The van der Waals surface area contributed by atoms with Crippen LogP contribution in [0.25, 0.3) is 11.5 Å². The summed E-state index contributed by atoms with van der Waals surface area (Å²) in [5.41, 5.74) is 1.21. The van der Waals surface area contributed by atoms with Crippen molar-refractivity contribution < 1.29 is 18.7 Å². The number of benzene rings is 2. The number of nitrogens with zero attached hydrogens (tertiary/aromatic N) is 2. The highest BCUT2D eigenvalue weighted by molar-refractivity contribution is 8.00. The molecule has 6 nitrogen and oxygen atoms in total. The molecule has 0 aliphatic heterocycles. The third-order valence-corrected chi connectivity index (χ3v) is 4.93. The monoisotopic (exact) mass is 404 g/mol. The Morgan fingerprint density at radius 1 is 1.11 bits per heavy atom. The number of aromatic nitrogens is 2. The van der Waals surface area contributed by atoms with E-state index in [1.54, 1.807) is 63.6 Å². The van der Waals surface area contributed by atoms with Crippen LogP contribution in [-0.2, 0) is 0 Å². The van der Waals surface area contributed by atoms with Gasteiger partial charge in [-0.2, -0.15) is 0 Å². The molecule has 1 unspecified atom stereocenters. The predicted octanol–water partition coefficient (Wildman–Crippen LogP) is 4.77. The minimum Gasteiger partial charge on any atom is -0.497 e. The number of methoxy groups -OCH3 is 2. The van der Waals surface area contributed by atoms with Crippen molar-refractivity contribution in [2.24, 2.45) is 0 Å². The first kappa shape index (κ1) is 19.3. The van der Waals surface area contributed by atoms with Gasteiger partial charge in [0.25, 0.3) is 5.22 Å². The maximum atomic E-state index is 12.5. The lowest BCUT2D eigenvalue weighted by molar-refractivity contribution is 0.0993. The summed E-state index contributed by atoms with van der Waals surface area (Å²) in [5, 5.41) is 8.49. The first-order valence-corrected chi connectivity index (χ1v) is 9.29. The van der Waals surface area contributed by atoms with Gasteiger partial charge in [0.1, 0.15) is 11.5 Å². The topological polar surface area (TPSA) is 74.5 Å². The lowest BCUT2D eigenvalue weighted by atomic mass is 10.1. The summed E-state index contributed by atoms with van der Waals surface area (Å²) in [5.74, 6) is 1.48. The van der Waals surface area contributed by atoms with Crippen LogP contribution in [0.5, 0.6) is 11.5 Å². The van der Waals surface area contributed by atoms with Crippen molar-refractivity contribution in [3.05, 3.63) is 53.1 Å². The van der Waals surface area contributed by atoms with E-state index in [-0.39, 0.29) is 5.78 Å². The number of rotatable bonds is 7. The number of carbonyl (C=O) groups excluding carboxylic acids is 1. The normalized spacial score (nSPS) is 11.9. The summed E-state index contributed by atoms with van der Waals surface area (Å²) in [6.45, 7) is 1.78. The van der Waals surface area contributed by atoms with Gasteiger partial charge in [-0.3, -0.25) is 4.79 Å². The number of ketones is 1. The molecule has 0 saturated carbocycles. The van der Waals surface area contributed by atoms with Crippen LogP contribution in [0.4, 0.5) is 0 Å². The summed E-state index contributed by atoms with van der Waals surface area (Å²) in [6.07, 6.45) is 0. The molecule has 0 saturated heterocycles. The van der Waals surface area contributed by atoms with E-state index in [1.807, 2.05) is 0 Å². The van der Waals surface area contributed by atoms with Gasteiger partial charge in [-0.1, -0.05) is 35.5 Å². The van der Waals surface area contributed by atoms with Gasteiger partial charge < -0.3 is 13.9 Å². The average Bonchev–Trinajstić information content (AvgIpc) is 3.15. The molecule has 0 aliphatic carbocycles. The smallest absolute Gasteiger partial charge is 0.277 e. The molecule has 1 atom stereocenters. The third kappa shape index (κ3) is 4.61. The van der Waals surface area contributed by atoms with Crippen molar-refractivity contribution in [1.82, 2.24) is 10.2 Å². The fourth-order valence-electron chi connectivity index (χ4n) is 2.39. The molecule has 0 spiro atoms. The number of carbonyl (C=O) groups is 1. The highest BCUT2D eigenvalue weighted by Crippen LogP contribution is 2.32. The van der Waals surface area contributed by atoms with Crippen molar-refractivity contribution in [3.8, 4) is 23.0 Å². The summed E-state index contributed by atoms with van der Waals surface area (Å²) >= 11 is 7.15. The zero-order valence-corrected chi connectivity index (χ0v) is 16.5. The molecule has 0 N–H and O–H groups in total. The molecule has 0 fully saturated rings. The number of hydrogen-bond donors (Lipinski definition) is 0. The highest BCUT2D eigenvalue weighted by atomic mass is 35.5. The second kappa shape index (κ2) is 8.45. The average molecular weight is 405 g/mol. The van der Waals surface area contributed by atoms with Crippen molar-refractivity contribution in [2.45, 2.75) is 17.4 Å². The molecule has 27 heavy (non-hydrogen) atoms. The van der Waals surface area contributed by atoms with Gasteiger partial charge >= 0.3 is 0 Å². The molecular weight excluding hydrogens is 388 g/mol. The number of hydrogen-bond acceptors (Lipinski definition) is 7. The van der Waals surface area contributed by atoms with Gasteiger partial charge in [0.15, 0.2) is 5.78 Å². The Bertz CT molecular complexity index is 938. The van der Waals surface area contributed by atoms with Crippen LogP contribution in [0, 0.1) is 0 Å². The molecule has 3 aromatic rings. The van der Waals surface area contributed by atoms with Crippen LogP contribution < -0.4 is 9.47 Å². The largest absolute Gasteiger partial charge is 0.497 e. The Morgan fingerprint density at radius 3 is 2.44 bits per heavy atom. The fraction of sp³-hybridized carbons (Fsp3) is 0.211. The second-order valence-corrected chi connectivity index (χ2v) is 7.34. The first-order valence-electron chi connectivity index (χ1n) is 8.03. The van der Waals surface area contributed by atoms with E-state index in [2.05, 4.69) is 10.2 Å². The standard InChI is InChI=1S/C19H17ClN2O4S/c1-11(17(23)12-5-4-6-14(20)7-12)27-19-22-21-18(26-19)13-8-15(24-2)10-16(9-13)25-3/h4-11H,1-3H3. The van der Waals surface area contributed by atoms with Crippen LogP contribution in [-0.4, -0.2) is 35.5 Å². The van der Waals surface area contributed by atoms with Gasteiger partial charge in [-0.05, 0) is 31.2 Å². The molecule has 1 aromatic heterocycles. The third-order valence-electron chi connectivity index (χ3n) is 3.76. The molecule has 0 amide bonds. The highest BCUT2D eigenvalue weighted by Gasteiger charge is 2.20. The van der Waals surface area contributed by atoms with E-state index in [1.165, 1.54) is 11.8 Å². The van der Waals surface area contributed by atoms with E-state index in [0.717, 1.165) is 0 Å². The zero-order chi connectivity index (χ0) is 19.4. The van der Waals surface area contributed by atoms with Crippen LogP contribution >= 0.6 is 23.4 Å². The Kier molecular flexibility index (Phi) is 6.03. The maximum Gasteiger partial charge on any atom is 0.277 e. The molecule has 0 bridgehead atoms. The predicted molar refractivity (Wildman–Crippen MR) is 104 cm³/mol. The SMILES string of the molecule is COc1cc(OC)cc(-c2nnc(SC(C)C(=O)c3cccc(Cl)c3)o2)c1. The maximum absolute atomic E-state index is 12.5.